The molecule has 2 N–H and O–H groups in total. The summed E-state index contributed by atoms with van der Waals surface area (Å²) in [7, 11) is 0. The zero-order valence-corrected chi connectivity index (χ0v) is 16.4. The molecule has 2 rings (SSSR count). The van der Waals surface area contributed by atoms with Gasteiger partial charge in [0, 0.05) is 13.1 Å². The summed E-state index contributed by atoms with van der Waals surface area (Å²) in [6, 6.07) is 6.33. The van der Waals surface area contributed by atoms with Crippen molar-refractivity contribution >= 4 is 17.3 Å². The van der Waals surface area contributed by atoms with Crippen LogP contribution in [-0.2, 0) is 9.53 Å². The van der Waals surface area contributed by atoms with Crippen LogP contribution in [0.4, 0.5) is 11.4 Å². The number of nitrogens with two attached hydrogens (primary N) is 1. The average molecular weight is 347 g/mol. The molecule has 1 aromatic carbocycles. The zero-order chi connectivity index (χ0) is 18.6. The smallest absolute Gasteiger partial charge is 0.306 e. The Hall–Kier alpha value is -1.71. The monoisotopic (exact) mass is 346 g/mol. The van der Waals surface area contributed by atoms with E-state index < -0.39 is 0 Å². The molecule has 0 spiro atoms. The van der Waals surface area contributed by atoms with Gasteiger partial charge in [0.1, 0.15) is 0 Å². The van der Waals surface area contributed by atoms with Crippen molar-refractivity contribution in [3.63, 3.8) is 0 Å². The number of esters is 1. The van der Waals surface area contributed by atoms with E-state index in [1.165, 1.54) is 6.42 Å². The second-order valence-electron chi connectivity index (χ2n) is 8.03. The van der Waals surface area contributed by atoms with E-state index in [2.05, 4.69) is 50.8 Å². The normalized spacial score (nSPS) is 22.1. The Bertz CT molecular complexity index is 575. The fraction of sp³-hybridized carbons (Fsp3) is 0.667. The molecule has 0 bridgehead atoms. The number of rotatable bonds is 6. The number of carbonyl (C=O) groups is 1. The number of anilines is 2. The van der Waals surface area contributed by atoms with Crippen molar-refractivity contribution < 1.29 is 9.53 Å². The number of piperidine rings is 1. The van der Waals surface area contributed by atoms with Gasteiger partial charge in [0.2, 0.25) is 0 Å². The van der Waals surface area contributed by atoms with Crippen LogP contribution >= 0.6 is 0 Å². The molecule has 1 fully saturated rings. The molecule has 1 aliphatic heterocycles. The van der Waals surface area contributed by atoms with Crippen molar-refractivity contribution in [2.75, 3.05) is 30.3 Å². The van der Waals surface area contributed by atoms with Gasteiger partial charge in [0.15, 0.2) is 0 Å². The van der Waals surface area contributed by atoms with Crippen molar-refractivity contribution in [1.29, 1.82) is 0 Å². The molecule has 1 aliphatic rings. The molecule has 3 atom stereocenters. The fourth-order valence-corrected chi connectivity index (χ4v) is 4.09. The van der Waals surface area contributed by atoms with Crippen molar-refractivity contribution in [1.82, 2.24) is 0 Å². The van der Waals surface area contributed by atoms with Crippen LogP contribution in [0.5, 0.6) is 0 Å². The number of hydrogen-bond acceptors (Lipinski definition) is 4. The molecule has 0 aromatic heterocycles. The number of nitrogens with zero attached hydrogens (tertiary/aromatic N) is 1. The molecular formula is C21H34N2O2. The van der Waals surface area contributed by atoms with E-state index in [0.717, 1.165) is 30.0 Å². The Morgan fingerprint density at radius 2 is 1.92 bits per heavy atom. The van der Waals surface area contributed by atoms with Crippen LogP contribution in [0.2, 0.25) is 0 Å². The Balaban J connectivity index is 2.20. The van der Waals surface area contributed by atoms with Gasteiger partial charge in [0.05, 0.1) is 24.4 Å². The molecule has 0 aliphatic carbocycles. The molecular weight excluding hydrogens is 312 g/mol. The minimum Gasteiger partial charge on any atom is -0.466 e. The quantitative estimate of drug-likeness (QED) is 0.611. The molecule has 1 heterocycles. The van der Waals surface area contributed by atoms with E-state index in [0.29, 0.717) is 30.8 Å². The highest BCUT2D eigenvalue weighted by Gasteiger charge is 2.25. The van der Waals surface area contributed by atoms with E-state index in [-0.39, 0.29) is 11.9 Å². The summed E-state index contributed by atoms with van der Waals surface area (Å²) in [6.07, 6.45) is 1.69. The second kappa shape index (κ2) is 8.59. The number of carbonyl (C=O) groups excluding carboxylic acids is 1. The Morgan fingerprint density at radius 1 is 1.28 bits per heavy atom. The SMILES string of the molecule is CCOC(=O)CC(c1ccc(N2CC(C)CC(C)C2)c(N)c1)C(C)C. The summed E-state index contributed by atoms with van der Waals surface area (Å²) >= 11 is 0. The minimum absolute atomic E-state index is 0.134. The van der Waals surface area contributed by atoms with Gasteiger partial charge >= 0.3 is 5.97 Å². The van der Waals surface area contributed by atoms with E-state index in [1.54, 1.807) is 0 Å². The van der Waals surface area contributed by atoms with Crippen molar-refractivity contribution in [2.24, 2.45) is 17.8 Å². The standard InChI is InChI=1S/C21H34N2O2/c1-6-25-21(24)11-18(14(2)3)17-7-8-20(19(22)10-17)23-12-15(4)9-16(5)13-23/h7-8,10,14-16,18H,6,9,11-13,22H2,1-5H3. The Morgan fingerprint density at radius 3 is 2.44 bits per heavy atom. The van der Waals surface area contributed by atoms with Gasteiger partial charge in [-0.25, -0.2) is 0 Å². The maximum Gasteiger partial charge on any atom is 0.306 e. The third-order valence-corrected chi connectivity index (χ3v) is 5.19. The summed E-state index contributed by atoms with van der Waals surface area (Å²) in [5, 5.41) is 0. The van der Waals surface area contributed by atoms with Gasteiger partial charge in [-0.3, -0.25) is 4.79 Å². The van der Waals surface area contributed by atoms with E-state index >= 15 is 0 Å². The van der Waals surface area contributed by atoms with Gasteiger partial charge < -0.3 is 15.4 Å². The molecule has 3 unspecified atom stereocenters. The molecule has 140 valence electrons. The highest BCUT2D eigenvalue weighted by atomic mass is 16.5. The molecule has 0 amide bonds. The minimum atomic E-state index is -0.137. The van der Waals surface area contributed by atoms with Gasteiger partial charge in [-0.2, -0.15) is 0 Å². The van der Waals surface area contributed by atoms with E-state index in [9.17, 15) is 4.79 Å². The van der Waals surface area contributed by atoms with Crippen LogP contribution in [0.15, 0.2) is 18.2 Å². The molecule has 4 heteroatoms. The lowest BCUT2D eigenvalue weighted by Gasteiger charge is -2.37. The second-order valence-corrected chi connectivity index (χ2v) is 8.03. The molecule has 25 heavy (non-hydrogen) atoms. The average Bonchev–Trinajstić information content (AvgIpc) is 2.51. The van der Waals surface area contributed by atoms with Gasteiger partial charge in [-0.15, -0.1) is 0 Å². The lowest BCUT2D eigenvalue weighted by atomic mass is 9.85. The topological polar surface area (TPSA) is 55.6 Å². The number of ether oxygens (including phenoxy) is 1. The van der Waals surface area contributed by atoms with Crippen LogP contribution in [0.1, 0.15) is 58.9 Å². The third-order valence-electron chi connectivity index (χ3n) is 5.19. The summed E-state index contributed by atoms with van der Waals surface area (Å²) in [5.41, 5.74) is 9.48. The van der Waals surface area contributed by atoms with Crippen LogP contribution in [0.25, 0.3) is 0 Å². The summed E-state index contributed by atoms with van der Waals surface area (Å²) in [6.45, 7) is 13.3. The summed E-state index contributed by atoms with van der Waals surface area (Å²) in [5.74, 6) is 1.73. The maximum absolute atomic E-state index is 11.9. The molecule has 1 saturated heterocycles. The summed E-state index contributed by atoms with van der Waals surface area (Å²) < 4.78 is 5.14. The molecule has 0 radical (unpaired) electrons. The highest BCUT2D eigenvalue weighted by molar-refractivity contribution is 5.72. The van der Waals surface area contributed by atoms with Crippen molar-refractivity contribution in [3.8, 4) is 0 Å². The Kier molecular flexibility index (Phi) is 6.74. The first-order chi connectivity index (χ1) is 11.8. The predicted molar refractivity (Wildman–Crippen MR) is 105 cm³/mol. The van der Waals surface area contributed by atoms with Crippen molar-refractivity contribution in [2.45, 2.75) is 53.4 Å². The molecule has 0 saturated carbocycles. The molecule has 4 nitrogen and oxygen atoms in total. The van der Waals surface area contributed by atoms with Crippen LogP contribution in [0, 0.1) is 17.8 Å². The fourth-order valence-electron chi connectivity index (χ4n) is 4.09. The van der Waals surface area contributed by atoms with Gasteiger partial charge in [-0.05, 0) is 54.7 Å². The first-order valence-corrected chi connectivity index (χ1v) is 9.61. The first kappa shape index (κ1) is 19.6. The predicted octanol–water partition coefficient (Wildman–Crippen LogP) is 4.44. The van der Waals surface area contributed by atoms with Crippen LogP contribution in [-0.4, -0.2) is 25.7 Å². The lowest BCUT2D eigenvalue weighted by molar-refractivity contribution is -0.143. The lowest BCUT2D eigenvalue weighted by Crippen LogP contribution is -2.39. The largest absolute Gasteiger partial charge is 0.466 e. The van der Waals surface area contributed by atoms with E-state index in [4.69, 9.17) is 10.5 Å². The summed E-state index contributed by atoms with van der Waals surface area (Å²) in [4.78, 5) is 14.4. The number of benzene rings is 1. The van der Waals surface area contributed by atoms with E-state index in [1.807, 2.05) is 6.92 Å². The number of nitrogen functional groups attached to an aromatic ring is 1. The molecule has 1 aromatic rings. The number of hydrogen-bond donors (Lipinski definition) is 1. The van der Waals surface area contributed by atoms with Crippen LogP contribution < -0.4 is 10.6 Å². The zero-order valence-electron chi connectivity index (χ0n) is 16.4. The van der Waals surface area contributed by atoms with Gasteiger partial charge in [0.25, 0.3) is 0 Å². The van der Waals surface area contributed by atoms with Gasteiger partial charge in [-0.1, -0.05) is 33.8 Å². The maximum atomic E-state index is 11.9. The first-order valence-electron chi connectivity index (χ1n) is 9.61. The van der Waals surface area contributed by atoms with Crippen molar-refractivity contribution in [3.05, 3.63) is 23.8 Å². The van der Waals surface area contributed by atoms with Crippen LogP contribution in [0.3, 0.4) is 0 Å². The highest BCUT2D eigenvalue weighted by Crippen LogP contribution is 2.35. The third kappa shape index (κ3) is 5.13. The Labute approximate surface area is 152 Å².